The van der Waals surface area contributed by atoms with Crippen LogP contribution < -0.4 is 0 Å². The zero-order chi connectivity index (χ0) is 14.8. The lowest BCUT2D eigenvalue weighted by molar-refractivity contribution is -0.138. The van der Waals surface area contributed by atoms with Gasteiger partial charge in [0.25, 0.3) is 0 Å². The lowest BCUT2D eigenvalue weighted by atomic mass is 10.3. The third kappa shape index (κ3) is 8.59. The second kappa shape index (κ2) is 9.78. The smallest absolute Gasteiger partial charge is 0.241 e. The Balaban J connectivity index is 4.18. The van der Waals surface area contributed by atoms with Crippen molar-refractivity contribution in [1.29, 1.82) is 0 Å². The van der Waals surface area contributed by atoms with Gasteiger partial charge in [-0.25, -0.2) is 0 Å². The van der Waals surface area contributed by atoms with Gasteiger partial charge in [0.05, 0.1) is 6.54 Å². The highest BCUT2D eigenvalue weighted by atomic mass is 16.2. The molecule has 0 saturated carbocycles. The maximum Gasteiger partial charge on any atom is 0.241 e. The Kier molecular flexibility index (Phi) is 9.21. The van der Waals surface area contributed by atoms with Crippen molar-refractivity contribution in [2.45, 2.75) is 33.1 Å². The Morgan fingerprint density at radius 3 is 2.05 bits per heavy atom. The highest BCUT2D eigenvalue weighted by molar-refractivity contribution is 5.83. The Hall–Kier alpha value is -1.10. The van der Waals surface area contributed by atoms with E-state index < -0.39 is 0 Å². The highest BCUT2D eigenvalue weighted by Crippen LogP contribution is 1.98. The molecule has 0 rings (SSSR count). The molecular weight excluding hydrogens is 242 g/mol. The summed E-state index contributed by atoms with van der Waals surface area (Å²) in [5.41, 5.74) is 0. The van der Waals surface area contributed by atoms with Crippen LogP contribution in [0.1, 0.15) is 33.1 Å². The van der Waals surface area contributed by atoms with E-state index in [1.165, 1.54) is 6.92 Å². The topological polar surface area (TPSA) is 43.9 Å². The molecular formula is C14H29N3O2. The lowest BCUT2D eigenvalue weighted by Crippen LogP contribution is -2.41. The van der Waals surface area contributed by atoms with Crippen LogP contribution in [0.2, 0.25) is 0 Å². The summed E-state index contributed by atoms with van der Waals surface area (Å²) in [5.74, 6) is -0.00972. The summed E-state index contributed by atoms with van der Waals surface area (Å²) < 4.78 is 0. The first kappa shape index (κ1) is 17.9. The van der Waals surface area contributed by atoms with Gasteiger partial charge in [-0.2, -0.15) is 0 Å². The predicted octanol–water partition coefficient (Wildman–Crippen LogP) is 1.05. The van der Waals surface area contributed by atoms with E-state index in [0.29, 0.717) is 6.54 Å². The van der Waals surface area contributed by atoms with E-state index in [1.807, 2.05) is 14.1 Å². The maximum atomic E-state index is 12.0. The van der Waals surface area contributed by atoms with Gasteiger partial charge in [0.2, 0.25) is 11.8 Å². The first-order valence-electron chi connectivity index (χ1n) is 7.02. The summed E-state index contributed by atoms with van der Waals surface area (Å²) in [6.07, 6.45) is 2.96. The Labute approximate surface area is 117 Å². The summed E-state index contributed by atoms with van der Waals surface area (Å²) in [6, 6.07) is 0. The first-order valence-corrected chi connectivity index (χ1v) is 7.02. The van der Waals surface area contributed by atoms with Crippen LogP contribution in [0.15, 0.2) is 0 Å². The molecule has 0 aromatic rings. The van der Waals surface area contributed by atoms with Crippen LogP contribution in [-0.2, 0) is 9.59 Å². The van der Waals surface area contributed by atoms with Gasteiger partial charge in [-0.3, -0.25) is 9.59 Å². The molecule has 0 aromatic heterocycles. The molecule has 0 radical (unpaired) electrons. The van der Waals surface area contributed by atoms with Crippen molar-refractivity contribution in [2.75, 3.05) is 47.3 Å². The van der Waals surface area contributed by atoms with Crippen LogP contribution in [0.3, 0.4) is 0 Å². The Morgan fingerprint density at radius 1 is 0.947 bits per heavy atom. The highest BCUT2D eigenvalue weighted by Gasteiger charge is 2.16. The second-order valence-corrected chi connectivity index (χ2v) is 5.27. The lowest BCUT2D eigenvalue weighted by Gasteiger charge is -2.24. The van der Waals surface area contributed by atoms with Crippen molar-refractivity contribution >= 4 is 11.8 Å². The molecule has 0 N–H and O–H groups in total. The summed E-state index contributed by atoms with van der Waals surface area (Å²) in [5, 5.41) is 0. The number of rotatable bonds is 9. The Morgan fingerprint density at radius 2 is 1.58 bits per heavy atom. The van der Waals surface area contributed by atoms with E-state index in [2.05, 4.69) is 11.8 Å². The van der Waals surface area contributed by atoms with Gasteiger partial charge in [-0.15, -0.1) is 0 Å². The number of amides is 2. The van der Waals surface area contributed by atoms with Crippen LogP contribution in [-0.4, -0.2) is 73.8 Å². The minimum Gasteiger partial charge on any atom is -0.344 e. The molecule has 0 aliphatic rings. The van der Waals surface area contributed by atoms with E-state index >= 15 is 0 Å². The largest absolute Gasteiger partial charge is 0.344 e. The second-order valence-electron chi connectivity index (χ2n) is 5.27. The number of hydrogen-bond donors (Lipinski definition) is 0. The monoisotopic (exact) mass is 271 g/mol. The van der Waals surface area contributed by atoms with Crippen molar-refractivity contribution in [3.05, 3.63) is 0 Å². The number of carbonyl (C=O) groups excluding carboxylic acids is 2. The predicted molar refractivity (Wildman–Crippen MR) is 78.0 cm³/mol. The standard InChI is InChI=1S/C14H29N3O2/c1-6-7-10-16(5)14(19)12-17(13(2)18)11-8-9-15(3)4/h6-12H2,1-5H3. The van der Waals surface area contributed by atoms with Crippen molar-refractivity contribution < 1.29 is 9.59 Å². The van der Waals surface area contributed by atoms with Crippen LogP contribution in [0.25, 0.3) is 0 Å². The fraction of sp³-hybridized carbons (Fsp3) is 0.857. The number of hydrogen-bond acceptors (Lipinski definition) is 3. The molecule has 0 atom stereocenters. The fourth-order valence-corrected chi connectivity index (χ4v) is 1.73. The van der Waals surface area contributed by atoms with Gasteiger partial charge in [-0.05, 0) is 33.5 Å². The summed E-state index contributed by atoms with van der Waals surface area (Å²) in [4.78, 5) is 28.9. The van der Waals surface area contributed by atoms with E-state index in [9.17, 15) is 9.59 Å². The molecule has 0 aliphatic heterocycles. The number of unbranched alkanes of at least 4 members (excludes halogenated alkanes) is 1. The molecule has 0 fully saturated rings. The SMILES string of the molecule is CCCCN(C)C(=O)CN(CCCN(C)C)C(C)=O. The summed E-state index contributed by atoms with van der Waals surface area (Å²) in [6.45, 7) is 6.14. The molecule has 0 aliphatic carbocycles. The molecule has 5 nitrogen and oxygen atoms in total. The third-order valence-electron chi connectivity index (χ3n) is 3.08. The van der Waals surface area contributed by atoms with Crippen LogP contribution in [0.4, 0.5) is 0 Å². The third-order valence-corrected chi connectivity index (χ3v) is 3.08. The molecule has 5 heteroatoms. The van der Waals surface area contributed by atoms with Gasteiger partial charge in [0.15, 0.2) is 0 Å². The van der Waals surface area contributed by atoms with Crippen LogP contribution >= 0.6 is 0 Å². The molecule has 0 saturated heterocycles. The molecule has 0 heterocycles. The van der Waals surface area contributed by atoms with Crippen molar-refractivity contribution in [1.82, 2.24) is 14.7 Å². The normalized spacial score (nSPS) is 10.6. The van der Waals surface area contributed by atoms with Gasteiger partial charge in [0.1, 0.15) is 0 Å². The molecule has 0 aromatic carbocycles. The van der Waals surface area contributed by atoms with Crippen molar-refractivity contribution in [2.24, 2.45) is 0 Å². The number of carbonyl (C=O) groups is 2. The molecule has 0 bridgehead atoms. The van der Waals surface area contributed by atoms with Gasteiger partial charge >= 0.3 is 0 Å². The molecule has 112 valence electrons. The molecule has 0 unspecified atom stereocenters. The molecule has 2 amide bonds. The zero-order valence-electron chi connectivity index (χ0n) is 13.1. The average Bonchev–Trinajstić information content (AvgIpc) is 2.33. The van der Waals surface area contributed by atoms with E-state index in [1.54, 1.807) is 16.8 Å². The average molecular weight is 271 g/mol. The van der Waals surface area contributed by atoms with E-state index in [0.717, 1.165) is 32.4 Å². The molecule has 0 spiro atoms. The van der Waals surface area contributed by atoms with Gasteiger partial charge < -0.3 is 14.7 Å². The number of likely N-dealkylation sites (N-methyl/N-ethyl adjacent to an activating group) is 1. The van der Waals surface area contributed by atoms with E-state index in [4.69, 9.17) is 0 Å². The first-order chi connectivity index (χ1) is 8.88. The van der Waals surface area contributed by atoms with Gasteiger partial charge in [-0.1, -0.05) is 13.3 Å². The number of nitrogens with zero attached hydrogens (tertiary/aromatic N) is 3. The Bertz CT molecular complexity index is 280. The minimum absolute atomic E-state index is 0.0218. The van der Waals surface area contributed by atoms with Crippen molar-refractivity contribution in [3.8, 4) is 0 Å². The van der Waals surface area contributed by atoms with Crippen molar-refractivity contribution in [3.63, 3.8) is 0 Å². The van der Waals surface area contributed by atoms with Gasteiger partial charge in [0, 0.05) is 27.1 Å². The fourth-order valence-electron chi connectivity index (χ4n) is 1.73. The maximum absolute atomic E-state index is 12.0. The van der Waals surface area contributed by atoms with Crippen LogP contribution in [0, 0.1) is 0 Å². The summed E-state index contributed by atoms with van der Waals surface area (Å²) in [7, 11) is 5.81. The quantitative estimate of drug-likeness (QED) is 0.629. The summed E-state index contributed by atoms with van der Waals surface area (Å²) >= 11 is 0. The minimum atomic E-state index is -0.0315. The van der Waals surface area contributed by atoms with E-state index in [-0.39, 0.29) is 18.4 Å². The van der Waals surface area contributed by atoms with Crippen LogP contribution in [0.5, 0.6) is 0 Å². The zero-order valence-corrected chi connectivity index (χ0v) is 13.1. The molecule has 19 heavy (non-hydrogen) atoms.